The Balaban J connectivity index is 1.69. The minimum absolute atomic E-state index is 0.278. The number of para-hydroxylation sites is 1. The summed E-state index contributed by atoms with van der Waals surface area (Å²) in [5.74, 6) is -0.531. The van der Waals surface area contributed by atoms with Gasteiger partial charge in [0.25, 0.3) is 0 Å². The number of carboxylic acids is 1. The van der Waals surface area contributed by atoms with Crippen LogP contribution in [0.2, 0.25) is 0 Å². The summed E-state index contributed by atoms with van der Waals surface area (Å²) < 4.78 is 26.4. The standard InChI is InChI=1S/C18H23N6O5P/c1-12(8-24-10-22-15-16(19)20-9-21-17(15)24)28-11-30(27,23-13(2)18(25)26)29-14-6-4-3-5-7-14/h3-7,9-10,12-13H,8,11H2,1-2H3,(H,23,27)(H,25,26)(H2,19,20,21)/t12-,13-,30?/m0/s1. The first kappa shape index (κ1) is 21.7. The van der Waals surface area contributed by atoms with Crippen LogP contribution in [0, 0.1) is 0 Å². The number of aromatic nitrogens is 4. The SMILES string of the molecule is C[C@H](NP(=O)(CO[C@@H](C)Cn1cnc2c(N)ncnc21)Oc1ccccc1)C(=O)O. The molecule has 4 N–H and O–H groups in total. The number of rotatable bonds is 10. The quantitative estimate of drug-likeness (QED) is 0.404. The van der Waals surface area contributed by atoms with Crippen molar-refractivity contribution < 1.29 is 23.7 Å². The van der Waals surface area contributed by atoms with Crippen molar-refractivity contribution in [3.63, 3.8) is 0 Å². The Morgan fingerprint density at radius 1 is 1.27 bits per heavy atom. The molecule has 12 heteroatoms. The summed E-state index contributed by atoms with van der Waals surface area (Å²) in [6.45, 7) is 3.52. The van der Waals surface area contributed by atoms with Crippen molar-refractivity contribution in [1.82, 2.24) is 24.6 Å². The highest BCUT2D eigenvalue weighted by Crippen LogP contribution is 2.43. The zero-order chi connectivity index (χ0) is 21.7. The number of nitrogens with one attached hydrogen (secondary N) is 1. The molecule has 160 valence electrons. The molecule has 2 aromatic heterocycles. The first-order chi connectivity index (χ1) is 14.3. The molecular formula is C18H23N6O5P. The van der Waals surface area contributed by atoms with E-state index in [2.05, 4.69) is 20.0 Å². The number of benzene rings is 1. The molecule has 3 rings (SSSR count). The molecule has 0 amide bonds. The average Bonchev–Trinajstić information content (AvgIpc) is 3.11. The molecule has 0 saturated heterocycles. The van der Waals surface area contributed by atoms with Crippen LogP contribution in [0.5, 0.6) is 5.75 Å². The fourth-order valence-corrected chi connectivity index (χ4v) is 4.47. The van der Waals surface area contributed by atoms with Crippen LogP contribution in [0.25, 0.3) is 11.2 Å². The maximum absolute atomic E-state index is 13.3. The van der Waals surface area contributed by atoms with E-state index in [0.29, 0.717) is 23.5 Å². The highest BCUT2D eigenvalue weighted by atomic mass is 31.2. The molecule has 1 aromatic carbocycles. The highest BCUT2D eigenvalue weighted by molar-refractivity contribution is 7.57. The summed E-state index contributed by atoms with van der Waals surface area (Å²) in [6.07, 6.45) is 2.18. The topological polar surface area (TPSA) is 154 Å². The molecule has 0 aliphatic carbocycles. The summed E-state index contributed by atoms with van der Waals surface area (Å²) in [6, 6.07) is 7.41. The Morgan fingerprint density at radius 3 is 2.70 bits per heavy atom. The predicted molar refractivity (Wildman–Crippen MR) is 110 cm³/mol. The summed E-state index contributed by atoms with van der Waals surface area (Å²) >= 11 is 0. The van der Waals surface area contributed by atoms with Gasteiger partial charge >= 0.3 is 13.5 Å². The van der Waals surface area contributed by atoms with Crippen LogP contribution in [0.4, 0.5) is 5.82 Å². The maximum Gasteiger partial charge on any atom is 0.342 e. The number of nitrogens with two attached hydrogens (primary N) is 1. The molecule has 0 radical (unpaired) electrons. The number of anilines is 1. The van der Waals surface area contributed by atoms with Crippen molar-refractivity contribution >= 4 is 30.5 Å². The third-order valence-electron chi connectivity index (χ3n) is 4.17. The first-order valence-electron chi connectivity index (χ1n) is 9.14. The molecule has 0 aliphatic heterocycles. The van der Waals surface area contributed by atoms with E-state index in [-0.39, 0.29) is 12.2 Å². The number of hydrogen-bond acceptors (Lipinski definition) is 8. The second-order valence-corrected chi connectivity index (χ2v) is 8.75. The van der Waals surface area contributed by atoms with Crippen LogP contribution in [-0.2, 0) is 20.6 Å². The van der Waals surface area contributed by atoms with Gasteiger partial charge in [-0.25, -0.2) is 20.0 Å². The Bertz CT molecular complexity index is 1060. The first-order valence-corrected chi connectivity index (χ1v) is 11.0. The summed E-state index contributed by atoms with van der Waals surface area (Å²) in [7, 11) is -3.67. The maximum atomic E-state index is 13.3. The molecular weight excluding hydrogens is 411 g/mol. The van der Waals surface area contributed by atoms with Crippen molar-refractivity contribution in [2.45, 2.75) is 32.5 Å². The molecule has 3 atom stereocenters. The fraction of sp³-hybridized carbons (Fsp3) is 0.333. The Kier molecular flexibility index (Phi) is 6.66. The molecule has 2 heterocycles. The Morgan fingerprint density at radius 2 is 2.00 bits per heavy atom. The number of ether oxygens (including phenoxy) is 1. The lowest BCUT2D eigenvalue weighted by atomic mass is 10.3. The molecule has 1 unspecified atom stereocenters. The zero-order valence-corrected chi connectivity index (χ0v) is 17.4. The van der Waals surface area contributed by atoms with Gasteiger partial charge in [0.1, 0.15) is 30.0 Å². The van der Waals surface area contributed by atoms with Crippen LogP contribution in [0.1, 0.15) is 13.8 Å². The second-order valence-electron chi connectivity index (χ2n) is 6.70. The molecule has 0 aliphatic rings. The van der Waals surface area contributed by atoms with E-state index in [4.69, 9.17) is 15.0 Å². The monoisotopic (exact) mass is 434 g/mol. The minimum Gasteiger partial charge on any atom is -0.480 e. The van der Waals surface area contributed by atoms with Gasteiger partial charge in [0.2, 0.25) is 0 Å². The van der Waals surface area contributed by atoms with Gasteiger partial charge in [-0.05, 0) is 26.0 Å². The van der Waals surface area contributed by atoms with Gasteiger partial charge in [-0.3, -0.25) is 9.36 Å². The van der Waals surface area contributed by atoms with E-state index in [1.807, 2.05) is 0 Å². The smallest absolute Gasteiger partial charge is 0.342 e. The number of fused-ring (bicyclic) bond motifs is 1. The molecule has 3 aromatic rings. The lowest BCUT2D eigenvalue weighted by Gasteiger charge is -2.24. The van der Waals surface area contributed by atoms with Crippen LogP contribution in [-0.4, -0.2) is 49.1 Å². The summed E-state index contributed by atoms with van der Waals surface area (Å²) in [5, 5.41) is 11.7. The van der Waals surface area contributed by atoms with E-state index in [1.165, 1.54) is 13.3 Å². The van der Waals surface area contributed by atoms with Gasteiger partial charge in [0, 0.05) is 0 Å². The third-order valence-corrected chi connectivity index (χ3v) is 5.94. The average molecular weight is 434 g/mol. The summed E-state index contributed by atoms with van der Waals surface area (Å²) in [5.41, 5.74) is 6.83. The molecule has 0 spiro atoms. The Hall–Kier alpha value is -3.01. The number of nitrogen functional groups attached to an aromatic ring is 1. The number of nitrogens with zero attached hydrogens (tertiary/aromatic N) is 4. The molecule has 0 bridgehead atoms. The number of imidazole rings is 1. The summed E-state index contributed by atoms with van der Waals surface area (Å²) in [4.78, 5) is 23.5. The third kappa shape index (κ3) is 5.32. The Labute approximate surface area is 172 Å². The van der Waals surface area contributed by atoms with Crippen LogP contribution in [0.15, 0.2) is 43.0 Å². The van der Waals surface area contributed by atoms with Gasteiger partial charge < -0.3 is 24.7 Å². The van der Waals surface area contributed by atoms with E-state index in [0.717, 1.165) is 0 Å². The van der Waals surface area contributed by atoms with Gasteiger partial charge in [-0.1, -0.05) is 18.2 Å². The second kappa shape index (κ2) is 9.21. The molecule has 0 saturated carbocycles. The van der Waals surface area contributed by atoms with Crippen LogP contribution >= 0.6 is 7.52 Å². The zero-order valence-electron chi connectivity index (χ0n) is 16.5. The van der Waals surface area contributed by atoms with Crippen molar-refractivity contribution in [2.24, 2.45) is 0 Å². The van der Waals surface area contributed by atoms with E-state index < -0.39 is 25.6 Å². The van der Waals surface area contributed by atoms with E-state index in [1.54, 1.807) is 48.1 Å². The van der Waals surface area contributed by atoms with E-state index in [9.17, 15) is 14.5 Å². The molecule has 0 fully saturated rings. The van der Waals surface area contributed by atoms with Gasteiger partial charge in [-0.15, -0.1) is 0 Å². The molecule has 11 nitrogen and oxygen atoms in total. The van der Waals surface area contributed by atoms with Crippen molar-refractivity contribution in [3.8, 4) is 5.75 Å². The fourth-order valence-electron chi connectivity index (χ4n) is 2.68. The normalized spacial score (nSPS) is 15.4. The lowest BCUT2D eigenvalue weighted by molar-refractivity contribution is -0.138. The predicted octanol–water partition coefficient (Wildman–Crippen LogP) is 2.11. The minimum atomic E-state index is -3.67. The lowest BCUT2D eigenvalue weighted by Crippen LogP contribution is -2.34. The van der Waals surface area contributed by atoms with Gasteiger partial charge in [0.15, 0.2) is 11.5 Å². The van der Waals surface area contributed by atoms with Gasteiger partial charge in [0.05, 0.1) is 19.0 Å². The largest absolute Gasteiger partial charge is 0.480 e. The van der Waals surface area contributed by atoms with Gasteiger partial charge in [-0.2, -0.15) is 0 Å². The number of aliphatic carboxylic acids is 1. The number of carboxylic acid groups (broad SMARTS) is 1. The van der Waals surface area contributed by atoms with Crippen molar-refractivity contribution in [1.29, 1.82) is 0 Å². The number of hydrogen-bond donors (Lipinski definition) is 3. The highest BCUT2D eigenvalue weighted by Gasteiger charge is 2.31. The van der Waals surface area contributed by atoms with Crippen LogP contribution in [0.3, 0.4) is 0 Å². The number of carbonyl (C=O) groups is 1. The molecule has 30 heavy (non-hydrogen) atoms. The van der Waals surface area contributed by atoms with Crippen molar-refractivity contribution in [3.05, 3.63) is 43.0 Å². The van der Waals surface area contributed by atoms with Crippen LogP contribution < -0.4 is 15.3 Å². The van der Waals surface area contributed by atoms with E-state index >= 15 is 0 Å². The van der Waals surface area contributed by atoms with Crippen molar-refractivity contribution in [2.75, 3.05) is 12.1 Å².